The molecule has 8 heteroatoms. The first kappa shape index (κ1) is 18.2. The third-order valence-corrected chi connectivity index (χ3v) is 8.02. The van der Waals surface area contributed by atoms with E-state index in [9.17, 15) is 13.2 Å². The summed E-state index contributed by atoms with van der Waals surface area (Å²) >= 11 is 0. The second kappa shape index (κ2) is 6.97. The number of hydrogen-bond donors (Lipinski definition) is 1. The molecule has 3 atom stereocenters. The van der Waals surface area contributed by atoms with Crippen molar-refractivity contribution in [2.45, 2.75) is 63.0 Å². The lowest BCUT2D eigenvalue weighted by Gasteiger charge is -2.25. The number of sulfone groups is 1. The van der Waals surface area contributed by atoms with E-state index in [1.54, 1.807) is 17.2 Å². The summed E-state index contributed by atoms with van der Waals surface area (Å²) in [6.45, 7) is 7.18. The van der Waals surface area contributed by atoms with E-state index in [1.807, 2.05) is 4.68 Å². The van der Waals surface area contributed by atoms with E-state index in [1.165, 1.54) is 0 Å². The average Bonchev–Trinajstić information content (AvgIpc) is 3.01. The molecule has 3 heterocycles. The number of likely N-dealkylation sites (tertiary alicyclic amines) is 1. The van der Waals surface area contributed by atoms with Crippen molar-refractivity contribution >= 4 is 21.7 Å². The Kier molecular flexibility index (Phi) is 5.09. The van der Waals surface area contributed by atoms with Gasteiger partial charge in [0, 0.05) is 19.2 Å². The highest BCUT2D eigenvalue weighted by Crippen LogP contribution is 2.33. The summed E-state index contributed by atoms with van der Waals surface area (Å²) in [7, 11) is -3.07. The van der Waals surface area contributed by atoms with Crippen molar-refractivity contribution in [2.24, 2.45) is 5.92 Å². The molecule has 0 saturated carbocycles. The van der Waals surface area contributed by atoms with Crippen LogP contribution >= 0.6 is 0 Å². The van der Waals surface area contributed by atoms with Crippen LogP contribution in [0, 0.1) is 5.92 Å². The fourth-order valence-corrected chi connectivity index (χ4v) is 6.33. The minimum absolute atomic E-state index is 0.186. The molecular weight excluding hydrogens is 340 g/mol. The molecule has 0 aliphatic carbocycles. The highest BCUT2D eigenvalue weighted by molar-refractivity contribution is 7.93. The van der Waals surface area contributed by atoms with Gasteiger partial charge >= 0.3 is 6.03 Å². The lowest BCUT2D eigenvalue weighted by Crippen LogP contribution is -2.40. The molecule has 2 saturated heterocycles. The van der Waals surface area contributed by atoms with Gasteiger partial charge in [-0.3, -0.25) is 5.32 Å². The summed E-state index contributed by atoms with van der Waals surface area (Å²) in [6.07, 6.45) is 4.59. The van der Waals surface area contributed by atoms with Gasteiger partial charge < -0.3 is 4.90 Å². The molecule has 3 rings (SSSR count). The molecule has 3 unspecified atom stereocenters. The highest BCUT2D eigenvalue weighted by Gasteiger charge is 2.44. The van der Waals surface area contributed by atoms with Crippen LogP contribution in [0.25, 0.3) is 0 Å². The Hall–Kier alpha value is -1.57. The number of hydrogen-bond acceptors (Lipinski definition) is 4. The summed E-state index contributed by atoms with van der Waals surface area (Å²) in [6, 6.07) is 1.74. The maximum atomic E-state index is 12.7. The monoisotopic (exact) mass is 368 g/mol. The summed E-state index contributed by atoms with van der Waals surface area (Å²) < 4.78 is 26.5. The Labute approximate surface area is 149 Å². The van der Waals surface area contributed by atoms with Gasteiger partial charge in [0.2, 0.25) is 0 Å². The number of nitrogens with one attached hydrogen (secondary N) is 1. The number of nitrogens with zero attached hydrogens (tertiary/aromatic N) is 3. The van der Waals surface area contributed by atoms with Crippen LogP contribution in [0.3, 0.4) is 0 Å². The Morgan fingerprint density at radius 1 is 1.28 bits per heavy atom. The number of aromatic nitrogens is 2. The first-order valence-electron chi connectivity index (χ1n) is 9.11. The van der Waals surface area contributed by atoms with Crippen LogP contribution in [0.1, 0.15) is 52.5 Å². The van der Waals surface area contributed by atoms with Gasteiger partial charge in [-0.25, -0.2) is 17.9 Å². The lowest BCUT2D eigenvalue weighted by molar-refractivity contribution is 0.209. The topological polar surface area (TPSA) is 84.3 Å². The van der Waals surface area contributed by atoms with Gasteiger partial charge in [0.25, 0.3) is 0 Å². The number of carbonyl (C=O) groups is 1. The Morgan fingerprint density at radius 2 is 2.00 bits per heavy atom. The number of anilines is 1. The van der Waals surface area contributed by atoms with Gasteiger partial charge in [-0.15, -0.1) is 0 Å². The van der Waals surface area contributed by atoms with Crippen LogP contribution in [0.15, 0.2) is 12.3 Å². The number of fused-ring (bicyclic) bond motifs is 2. The second-order valence-electron chi connectivity index (χ2n) is 7.71. The number of rotatable bonds is 4. The van der Waals surface area contributed by atoms with E-state index in [4.69, 9.17) is 0 Å². The summed E-state index contributed by atoms with van der Waals surface area (Å²) in [4.78, 5) is 14.3. The molecule has 2 amide bonds. The number of carbonyl (C=O) groups excluding carboxylic acids is 1. The van der Waals surface area contributed by atoms with Gasteiger partial charge in [0.1, 0.15) is 5.82 Å². The van der Waals surface area contributed by atoms with Crippen LogP contribution in [0.4, 0.5) is 10.6 Å². The third kappa shape index (κ3) is 3.68. The zero-order valence-electron chi connectivity index (χ0n) is 15.2. The summed E-state index contributed by atoms with van der Waals surface area (Å²) in [5.74, 6) is 1.20. The molecule has 25 heavy (non-hydrogen) atoms. The Morgan fingerprint density at radius 3 is 2.72 bits per heavy atom. The molecule has 2 aliphatic heterocycles. The van der Waals surface area contributed by atoms with E-state index < -0.39 is 15.1 Å². The molecule has 140 valence electrons. The highest BCUT2D eigenvalue weighted by atomic mass is 32.2. The normalized spacial score (nSPS) is 26.5. The fraction of sp³-hybridized carbons (Fsp3) is 0.765. The van der Waals surface area contributed by atoms with E-state index in [0.717, 1.165) is 12.8 Å². The smallest absolute Gasteiger partial charge is 0.323 e. The third-order valence-electron chi connectivity index (χ3n) is 5.31. The van der Waals surface area contributed by atoms with Gasteiger partial charge in [0.05, 0.1) is 22.7 Å². The van der Waals surface area contributed by atoms with Gasteiger partial charge in [-0.2, -0.15) is 5.10 Å². The maximum Gasteiger partial charge on any atom is 0.323 e. The predicted molar refractivity (Wildman–Crippen MR) is 97.3 cm³/mol. The zero-order chi connectivity index (χ0) is 18.2. The van der Waals surface area contributed by atoms with Crippen molar-refractivity contribution in [1.82, 2.24) is 14.7 Å². The molecule has 1 aromatic heterocycles. The zero-order valence-corrected chi connectivity index (χ0v) is 16.0. The largest absolute Gasteiger partial charge is 0.323 e. The lowest BCUT2D eigenvalue weighted by atomic mass is 10.1. The standard InChI is InChI=1S/C17H28N4O3S/c1-12(2)10-13(3)21-16(6-8-18-21)19-17(22)20-9-7-14-4-5-15(11-20)25(14,23)24/h6,8,12-15H,4-5,7,9-11H2,1-3H3,(H,19,22). The SMILES string of the molecule is CC(C)CC(C)n1nccc1NC(=O)N1CCC2CCC(C1)S2(=O)=O. The molecule has 2 fully saturated rings. The van der Waals surface area contributed by atoms with E-state index in [-0.39, 0.29) is 17.3 Å². The summed E-state index contributed by atoms with van der Waals surface area (Å²) in [5, 5.41) is 6.58. The molecule has 0 spiro atoms. The fourth-order valence-electron chi connectivity index (χ4n) is 4.03. The van der Waals surface area contributed by atoms with Crippen molar-refractivity contribution in [3.05, 3.63) is 12.3 Å². The van der Waals surface area contributed by atoms with Crippen LogP contribution in [0.2, 0.25) is 0 Å². The van der Waals surface area contributed by atoms with Crippen molar-refractivity contribution < 1.29 is 13.2 Å². The Balaban J connectivity index is 1.68. The quantitative estimate of drug-likeness (QED) is 0.885. The van der Waals surface area contributed by atoms with E-state index in [0.29, 0.717) is 37.7 Å². The number of amides is 2. The molecule has 7 nitrogen and oxygen atoms in total. The van der Waals surface area contributed by atoms with Crippen LogP contribution < -0.4 is 5.32 Å². The molecule has 1 N–H and O–H groups in total. The van der Waals surface area contributed by atoms with Crippen molar-refractivity contribution in [2.75, 3.05) is 18.4 Å². The van der Waals surface area contributed by atoms with Gasteiger partial charge in [-0.1, -0.05) is 13.8 Å². The molecule has 2 bridgehead atoms. The maximum absolute atomic E-state index is 12.7. The average molecular weight is 369 g/mol. The molecule has 0 aromatic carbocycles. The van der Waals surface area contributed by atoms with E-state index in [2.05, 4.69) is 31.2 Å². The molecule has 0 radical (unpaired) electrons. The van der Waals surface area contributed by atoms with Crippen LogP contribution in [-0.2, 0) is 9.84 Å². The molecule has 2 aliphatic rings. The first-order valence-corrected chi connectivity index (χ1v) is 10.7. The van der Waals surface area contributed by atoms with Gasteiger partial charge in [0.15, 0.2) is 9.84 Å². The predicted octanol–water partition coefficient (Wildman–Crippen LogP) is 2.67. The summed E-state index contributed by atoms with van der Waals surface area (Å²) in [5.41, 5.74) is 0. The van der Waals surface area contributed by atoms with Crippen molar-refractivity contribution in [3.63, 3.8) is 0 Å². The second-order valence-corrected chi connectivity index (χ2v) is 10.2. The minimum atomic E-state index is -3.07. The molecule has 1 aromatic rings. The first-order chi connectivity index (χ1) is 11.8. The number of urea groups is 1. The molecular formula is C17H28N4O3S. The van der Waals surface area contributed by atoms with Crippen molar-refractivity contribution in [3.8, 4) is 0 Å². The van der Waals surface area contributed by atoms with Gasteiger partial charge in [-0.05, 0) is 38.5 Å². The van der Waals surface area contributed by atoms with Crippen molar-refractivity contribution in [1.29, 1.82) is 0 Å². The van der Waals surface area contributed by atoms with Crippen LogP contribution in [0.5, 0.6) is 0 Å². The van der Waals surface area contributed by atoms with E-state index >= 15 is 0 Å². The van der Waals surface area contributed by atoms with Crippen LogP contribution in [-0.4, -0.2) is 52.7 Å². The Bertz CT molecular complexity index is 728. The minimum Gasteiger partial charge on any atom is -0.323 e.